The molecule has 0 radical (unpaired) electrons. The van der Waals surface area contributed by atoms with Crippen LogP contribution in [-0.2, 0) is 4.79 Å². The zero-order valence-corrected chi connectivity index (χ0v) is 15.1. The van der Waals surface area contributed by atoms with E-state index in [1.54, 1.807) is 4.90 Å². The van der Waals surface area contributed by atoms with Gasteiger partial charge in [-0.3, -0.25) is 14.7 Å². The van der Waals surface area contributed by atoms with Crippen LogP contribution in [0.3, 0.4) is 0 Å². The summed E-state index contributed by atoms with van der Waals surface area (Å²) in [5.74, 6) is 1.94. The van der Waals surface area contributed by atoms with Gasteiger partial charge in [0.15, 0.2) is 5.96 Å². The van der Waals surface area contributed by atoms with Gasteiger partial charge in [0.25, 0.3) is 0 Å². The Bertz CT molecular complexity index is 423. The lowest BCUT2D eigenvalue weighted by Crippen LogP contribution is -2.43. The molecule has 2 fully saturated rings. The number of carbonyl (C=O) groups excluding carboxylic acids is 1. The summed E-state index contributed by atoms with van der Waals surface area (Å²) in [6, 6.07) is 0.668. The van der Waals surface area contributed by atoms with E-state index in [1.807, 2.05) is 14.1 Å². The van der Waals surface area contributed by atoms with Gasteiger partial charge in [0.05, 0.1) is 6.04 Å². The maximum Gasteiger partial charge on any atom is 0.239 e. The lowest BCUT2D eigenvalue weighted by Gasteiger charge is -2.25. The minimum atomic E-state index is 0.0765. The number of amides is 1. The summed E-state index contributed by atoms with van der Waals surface area (Å²) in [5, 5.41) is 6.79. The highest BCUT2D eigenvalue weighted by atomic mass is 16.2. The van der Waals surface area contributed by atoms with Crippen LogP contribution >= 0.6 is 0 Å². The van der Waals surface area contributed by atoms with E-state index in [0.29, 0.717) is 6.04 Å². The highest BCUT2D eigenvalue weighted by Gasteiger charge is 2.33. The standard InChI is InChI=1S/C17H33N5O/c1-5-18-17(20-14-12-13(14)2)19-9-7-11-22-10-6-8-15(22)16(23)21(3)4/h13-15H,5-12H2,1-4H3,(H2,18,19,20). The second-order valence-corrected chi connectivity index (χ2v) is 7.00. The van der Waals surface area contributed by atoms with Gasteiger partial charge >= 0.3 is 0 Å². The molecule has 23 heavy (non-hydrogen) atoms. The molecule has 0 bridgehead atoms. The van der Waals surface area contributed by atoms with Gasteiger partial charge in [0.2, 0.25) is 5.91 Å². The Balaban J connectivity index is 1.74. The Hall–Kier alpha value is -1.30. The summed E-state index contributed by atoms with van der Waals surface area (Å²) in [6.45, 7) is 8.03. The molecule has 3 unspecified atom stereocenters. The normalized spacial score (nSPS) is 27.8. The van der Waals surface area contributed by atoms with Crippen molar-refractivity contribution in [2.45, 2.75) is 51.6 Å². The fraction of sp³-hybridized carbons (Fsp3) is 0.882. The highest BCUT2D eigenvalue weighted by molar-refractivity contribution is 5.81. The van der Waals surface area contributed by atoms with Crippen LogP contribution in [0, 0.1) is 5.92 Å². The Labute approximate surface area is 140 Å². The molecule has 2 rings (SSSR count). The first-order valence-electron chi connectivity index (χ1n) is 9.03. The van der Waals surface area contributed by atoms with Crippen LogP contribution in [0.5, 0.6) is 0 Å². The van der Waals surface area contributed by atoms with E-state index in [0.717, 1.165) is 57.3 Å². The number of aliphatic imine (C=N–C) groups is 1. The zero-order chi connectivity index (χ0) is 16.8. The van der Waals surface area contributed by atoms with Crippen LogP contribution in [0.15, 0.2) is 4.99 Å². The lowest BCUT2D eigenvalue weighted by molar-refractivity contribution is -0.133. The fourth-order valence-corrected chi connectivity index (χ4v) is 3.15. The molecule has 1 heterocycles. The predicted molar refractivity (Wildman–Crippen MR) is 94.6 cm³/mol. The van der Waals surface area contributed by atoms with Crippen LogP contribution in [0.4, 0.5) is 0 Å². The number of nitrogens with one attached hydrogen (secondary N) is 2. The topological polar surface area (TPSA) is 60.0 Å². The predicted octanol–water partition coefficient (Wildman–Crippen LogP) is 0.893. The fourth-order valence-electron chi connectivity index (χ4n) is 3.15. The Morgan fingerprint density at radius 2 is 2.13 bits per heavy atom. The van der Waals surface area contributed by atoms with E-state index in [-0.39, 0.29) is 11.9 Å². The minimum absolute atomic E-state index is 0.0765. The Kier molecular flexibility index (Phi) is 6.69. The summed E-state index contributed by atoms with van der Waals surface area (Å²) in [7, 11) is 3.69. The number of rotatable bonds is 7. The first-order valence-corrected chi connectivity index (χ1v) is 9.03. The number of hydrogen-bond acceptors (Lipinski definition) is 3. The van der Waals surface area contributed by atoms with Crippen molar-refractivity contribution < 1.29 is 4.79 Å². The first kappa shape index (κ1) is 18.0. The average Bonchev–Trinajstić information content (AvgIpc) is 3.01. The van der Waals surface area contributed by atoms with Crippen LogP contribution in [0.2, 0.25) is 0 Å². The molecule has 0 spiro atoms. The third kappa shape index (κ3) is 5.37. The van der Waals surface area contributed by atoms with Gasteiger partial charge in [-0.05, 0) is 45.1 Å². The smallest absolute Gasteiger partial charge is 0.239 e. The zero-order valence-electron chi connectivity index (χ0n) is 15.1. The van der Waals surface area contributed by atoms with E-state index >= 15 is 0 Å². The quantitative estimate of drug-likeness (QED) is 0.415. The molecule has 3 atom stereocenters. The largest absolute Gasteiger partial charge is 0.357 e. The maximum absolute atomic E-state index is 12.2. The van der Waals surface area contributed by atoms with E-state index in [9.17, 15) is 4.79 Å². The van der Waals surface area contributed by atoms with Crippen molar-refractivity contribution in [2.75, 3.05) is 40.3 Å². The number of nitrogens with zero attached hydrogens (tertiary/aromatic N) is 3. The van der Waals surface area contributed by atoms with Gasteiger partial charge in [-0.1, -0.05) is 6.92 Å². The van der Waals surface area contributed by atoms with Gasteiger partial charge in [0, 0.05) is 39.8 Å². The van der Waals surface area contributed by atoms with Crippen molar-refractivity contribution >= 4 is 11.9 Å². The maximum atomic E-state index is 12.2. The molecule has 1 aliphatic carbocycles. The van der Waals surface area contributed by atoms with Crippen molar-refractivity contribution in [2.24, 2.45) is 10.9 Å². The van der Waals surface area contributed by atoms with E-state index in [2.05, 4.69) is 34.4 Å². The molecule has 0 aromatic carbocycles. The number of hydrogen-bond donors (Lipinski definition) is 2. The average molecular weight is 323 g/mol. The van der Waals surface area contributed by atoms with Crippen molar-refractivity contribution in [1.29, 1.82) is 0 Å². The second kappa shape index (κ2) is 8.52. The van der Waals surface area contributed by atoms with Gasteiger partial charge in [-0.25, -0.2) is 0 Å². The molecular formula is C17H33N5O. The van der Waals surface area contributed by atoms with E-state index in [4.69, 9.17) is 0 Å². The van der Waals surface area contributed by atoms with Crippen molar-refractivity contribution in [3.8, 4) is 0 Å². The molecular weight excluding hydrogens is 290 g/mol. The lowest BCUT2D eigenvalue weighted by atomic mass is 10.2. The van der Waals surface area contributed by atoms with Crippen LogP contribution in [0.1, 0.15) is 39.5 Å². The molecule has 2 aliphatic rings. The molecule has 1 saturated heterocycles. The highest BCUT2D eigenvalue weighted by Crippen LogP contribution is 2.28. The minimum Gasteiger partial charge on any atom is -0.357 e. The third-order valence-electron chi connectivity index (χ3n) is 4.74. The Morgan fingerprint density at radius 1 is 1.39 bits per heavy atom. The number of likely N-dealkylation sites (N-methyl/N-ethyl adjacent to an activating group) is 1. The van der Waals surface area contributed by atoms with Gasteiger partial charge < -0.3 is 15.5 Å². The Morgan fingerprint density at radius 3 is 2.74 bits per heavy atom. The number of guanidine groups is 1. The summed E-state index contributed by atoms with van der Waals surface area (Å²) in [6.07, 6.45) is 4.35. The summed E-state index contributed by atoms with van der Waals surface area (Å²) in [5.41, 5.74) is 0. The molecule has 6 heteroatoms. The summed E-state index contributed by atoms with van der Waals surface area (Å²) < 4.78 is 0. The van der Waals surface area contributed by atoms with Crippen LogP contribution in [-0.4, -0.2) is 74.0 Å². The van der Waals surface area contributed by atoms with Crippen molar-refractivity contribution in [3.05, 3.63) is 0 Å². The molecule has 0 aromatic heterocycles. The summed E-state index contributed by atoms with van der Waals surface area (Å²) in [4.78, 5) is 20.9. The SMILES string of the molecule is CCNC(=NCCCN1CCCC1C(=O)N(C)C)NC1CC1C. The molecule has 1 amide bonds. The van der Waals surface area contributed by atoms with Gasteiger partial charge in [-0.15, -0.1) is 0 Å². The van der Waals surface area contributed by atoms with Crippen molar-refractivity contribution in [1.82, 2.24) is 20.4 Å². The van der Waals surface area contributed by atoms with Crippen molar-refractivity contribution in [3.63, 3.8) is 0 Å². The first-order chi connectivity index (χ1) is 11.0. The summed E-state index contributed by atoms with van der Waals surface area (Å²) >= 11 is 0. The van der Waals surface area contributed by atoms with Gasteiger partial charge in [-0.2, -0.15) is 0 Å². The number of likely N-dealkylation sites (tertiary alicyclic amines) is 1. The molecule has 0 aromatic rings. The van der Waals surface area contributed by atoms with Gasteiger partial charge in [0.1, 0.15) is 0 Å². The molecule has 1 saturated carbocycles. The van der Waals surface area contributed by atoms with Crippen LogP contribution < -0.4 is 10.6 Å². The van der Waals surface area contributed by atoms with E-state index in [1.165, 1.54) is 6.42 Å². The molecule has 2 N–H and O–H groups in total. The molecule has 132 valence electrons. The number of carbonyl (C=O) groups is 1. The second-order valence-electron chi connectivity index (χ2n) is 7.00. The monoisotopic (exact) mass is 323 g/mol. The van der Waals surface area contributed by atoms with E-state index < -0.39 is 0 Å². The molecule has 6 nitrogen and oxygen atoms in total. The van der Waals surface area contributed by atoms with Crippen LogP contribution in [0.25, 0.3) is 0 Å². The molecule has 1 aliphatic heterocycles. The third-order valence-corrected chi connectivity index (χ3v) is 4.74.